The first-order valence-electron chi connectivity index (χ1n) is 7.54. The molecule has 1 aliphatic heterocycles. The standard InChI is InChI=1S/C17H20N4O/c1-21-7-3-6-14(11-21)16-10-19-15(9-20-16)12-4-2-5-13(8-12)17(18)22/h2,4-5,8-10,14H,3,6-7,11H2,1H3,(H2,18,22). The van der Waals surface area contributed by atoms with Gasteiger partial charge in [-0.25, -0.2) is 0 Å². The average Bonchev–Trinajstić information content (AvgIpc) is 2.55. The van der Waals surface area contributed by atoms with Crippen LogP contribution >= 0.6 is 0 Å². The largest absolute Gasteiger partial charge is 0.366 e. The molecule has 2 aromatic rings. The lowest BCUT2D eigenvalue weighted by atomic mass is 9.95. The Morgan fingerprint density at radius 1 is 1.32 bits per heavy atom. The van der Waals surface area contributed by atoms with Gasteiger partial charge in [0.15, 0.2) is 0 Å². The molecular formula is C17H20N4O. The number of nitrogens with zero attached hydrogens (tertiary/aromatic N) is 3. The van der Waals surface area contributed by atoms with Crippen molar-refractivity contribution in [3.8, 4) is 11.3 Å². The lowest BCUT2D eigenvalue weighted by Crippen LogP contribution is -2.31. The zero-order valence-electron chi connectivity index (χ0n) is 12.7. The van der Waals surface area contributed by atoms with Crippen LogP contribution in [-0.4, -0.2) is 40.9 Å². The van der Waals surface area contributed by atoms with Crippen molar-refractivity contribution in [1.29, 1.82) is 0 Å². The fraction of sp³-hybridized carbons (Fsp3) is 0.353. The Hall–Kier alpha value is -2.27. The van der Waals surface area contributed by atoms with E-state index >= 15 is 0 Å². The number of hydrogen-bond donors (Lipinski definition) is 1. The lowest BCUT2D eigenvalue weighted by Gasteiger charge is -2.29. The number of hydrogen-bond acceptors (Lipinski definition) is 4. The van der Waals surface area contributed by atoms with Crippen LogP contribution in [0.5, 0.6) is 0 Å². The highest BCUT2D eigenvalue weighted by molar-refractivity contribution is 5.93. The Bertz CT molecular complexity index is 669. The summed E-state index contributed by atoms with van der Waals surface area (Å²) >= 11 is 0. The number of carbonyl (C=O) groups is 1. The Labute approximate surface area is 130 Å². The minimum atomic E-state index is -0.434. The van der Waals surface area contributed by atoms with Gasteiger partial charge < -0.3 is 10.6 Å². The van der Waals surface area contributed by atoms with E-state index in [4.69, 9.17) is 5.73 Å². The third kappa shape index (κ3) is 3.14. The van der Waals surface area contributed by atoms with Crippen LogP contribution in [0.3, 0.4) is 0 Å². The number of rotatable bonds is 3. The Morgan fingerprint density at radius 2 is 2.18 bits per heavy atom. The molecular weight excluding hydrogens is 276 g/mol. The second-order valence-electron chi connectivity index (χ2n) is 5.87. The van der Waals surface area contributed by atoms with Crippen molar-refractivity contribution in [3.63, 3.8) is 0 Å². The summed E-state index contributed by atoms with van der Waals surface area (Å²) in [6.45, 7) is 2.19. The first-order valence-corrected chi connectivity index (χ1v) is 7.54. The van der Waals surface area contributed by atoms with Crippen molar-refractivity contribution in [1.82, 2.24) is 14.9 Å². The molecule has 1 aromatic heterocycles. The van der Waals surface area contributed by atoms with Crippen LogP contribution in [0, 0.1) is 0 Å². The van der Waals surface area contributed by atoms with Crippen molar-refractivity contribution in [3.05, 3.63) is 47.9 Å². The average molecular weight is 296 g/mol. The third-order valence-corrected chi connectivity index (χ3v) is 4.16. The van der Waals surface area contributed by atoms with Gasteiger partial charge >= 0.3 is 0 Å². The number of likely N-dealkylation sites (N-methyl/N-ethyl adjacent to an activating group) is 1. The minimum Gasteiger partial charge on any atom is -0.366 e. The van der Waals surface area contributed by atoms with Crippen molar-refractivity contribution in [2.24, 2.45) is 5.73 Å². The fourth-order valence-corrected chi connectivity index (χ4v) is 2.94. The maximum Gasteiger partial charge on any atom is 0.248 e. The number of piperidine rings is 1. The van der Waals surface area contributed by atoms with Crippen LogP contribution in [-0.2, 0) is 0 Å². The van der Waals surface area contributed by atoms with Gasteiger partial charge in [-0.3, -0.25) is 14.8 Å². The molecule has 1 aliphatic rings. The normalized spacial score (nSPS) is 19.0. The van der Waals surface area contributed by atoms with Crippen LogP contribution < -0.4 is 5.73 Å². The first kappa shape index (κ1) is 14.7. The second kappa shape index (κ2) is 6.23. The van der Waals surface area contributed by atoms with Gasteiger partial charge in [-0.05, 0) is 38.6 Å². The van der Waals surface area contributed by atoms with E-state index < -0.39 is 5.91 Å². The summed E-state index contributed by atoms with van der Waals surface area (Å²) in [6, 6.07) is 7.16. The SMILES string of the molecule is CN1CCCC(c2cnc(-c3cccc(C(N)=O)c3)cn2)C1. The van der Waals surface area contributed by atoms with E-state index in [1.54, 1.807) is 24.4 Å². The maximum atomic E-state index is 11.3. The van der Waals surface area contributed by atoms with Gasteiger partial charge in [0.05, 0.1) is 17.6 Å². The number of primary amides is 1. The molecule has 0 saturated carbocycles. The lowest BCUT2D eigenvalue weighted by molar-refractivity contribution is 0.100. The summed E-state index contributed by atoms with van der Waals surface area (Å²) in [5.41, 5.74) is 8.46. The summed E-state index contributed by atoms with van der Waals surface area (Å²) in [5.74, 6) is 0.0222. The molecule has 0 aliphatic carbocycles. The molecule has 0 bridgehead atoms. The Balaban J connectivity index is 1.82. The van der Waals surface area contributed by atoms with E-state index in [0.29, 0.717) is 11.5 Å². The van der Waals surface area contributed by atoms with Gasteiger partial charge in [-0.1, -0.05) is 12.1 Å². The number of carbonyl (C=O) groups excluding carboxylic acids is 1. The van der Waals surface area contributed by atoms with E-state index in [1.165, 1.54) is 6.42 Å². The molecule has 1 atom stereocenters. The first-order chi connectivity index (χ1) is 10.6. The highest BCUT2D eigenvalue weighted by Crippen LogP contribution is 2.25. The Morgan fingerprint density at radius 3 is 2.86 bits per heavy atom. The molecule has 1 saturated heterocycles. The Kier molecular flexibility index (Phi) is 4.15. The summed E-state index contributed by atoms with van der Waals surface area (Å²) in [7, 11) is 2.14. The van der Waals surface area contributed by atoms with Crippen molar-refractivity contribution in [2.45, 2.75) is 18.8 Å². The molecule has 1 fully saturated rings. The number of benzene rings is 1. The van der Waals surface area contributed by atoms with Crippen LogP contribution in [0.2, 0.25) is 0 Å². The van der Waals surface area contributed by atoms with Crippen molar-refractivity contribution >= 4 is 5.91 Å². The second-order valence-corrected chi connectivity index (χ2v) is 5.87. The predicted octanol–water partition coefficient (Wildman–Crippen LogP) is 2.05. The maximum absolute atomic E-state index is 11.3. The predicted molar refractivity (Wildman–Crippen MR) is 85.5 cm³/mol. The van der Waals surface area contributed by atoms with Crippen LogP contribution in [0.4, 0.5) is 0 Å². The van der Waals surface area contributed by atoms with Crippen LogP contribution in [0.25, 0.3) is 11.3 Å². The molecule has 114 valence electrons. The molecule has 5 heteroatoms. The fourth-order valence-electron chi connectivity index (χ4n) is 2.94. The van der Waals surface area contributed by atoms with Crippen LogP contribution in [0.1, 0.15) is 34.8 Å². The van der Waals surface area contributed by atoms with Crippen molar-refractivity contribution in [2.75, 3.05) is 20.1 Å². The molecule has 5 nitrogen and oxygen atoms in total. The summed E-state index contributed by atoms with van der Waals surface area (Å²) in [5, 5.41) is 0. The van der Waals surface area contributed by atoms with E-state index in [-0.39, 0.29) is 0 Å². The van der Waals surface area contributed by atoms with E-state index in [2.05, 4.69) is 21.9 Å². The molecule has 2 heterocycles. The smallest absolute Gasteiger partial charge is 0.248 e. The number of aromatic nitrogens is 2. The van der Waals surface area contributed by atoms with Crippen LogP contribution in [0.15, 0.2) is 36.7 Å². The minimum absolute atomic E-state index is 0.434. The summed E-state index contributed by atoms with van der Waals surface area (Å²) < 4.78 is 0. The van der Waals surface area contributed by atoms with Gasteiger partial charge in [0.2, 0.25) is 5.91 Å². The zero-order valence-corrected chi connectivity index (χ0v) is 12.7. The highest BCUT2D eigenvalue weighted by atomic mass is 16.1. The molecule has 0 radical (unpaired) electrons. The topological polar surface area (TPSA) is 72.1 Å². The number of nitrogens with two attached hydrogens (primary N) is 1. The van der Waals surface area contributed by atoms with Gasteiger partial charge in [-0.15, -0.1) is 0 Å². The quantitative estimate of drug-likeness (QED) is 0.941. The van der Waals surface area contributed by atoms with E-state index in [9.17, 15) is 4.79 Å². The van der Waals surface area contributed by atoms with Gasteiger partial charge in [0.25, 0.3) is 0 Å². The van der Waals surface area contributed by atoms with Gasteiger partial charge in [0.1, 0.15) is 0 Å². The summed E-state index contributed by atoms with van der Waals surface area (Å²) in [4.78, 5) is 22.7. The number of likely N-dealkylation sites (tertiary alicyclic amines) is 1. The number of amides is 1. The molecule has 0 spiro atoms. The third-order valence-electron chi connectivity index (χ3n) is 4.16. The summed E-state index contributed by atoms with van der Waals surface area (Å²) in [6.07, 6.45) is 6.00. The van der Waals surface area contributed by atoms with Gasteiger partial charge in [-0.2, -0.15) is 0 Å². The van der Waals surface area contributed by atoms with Crippen molar-refractivity contribution < 1.29 is 4.79 Å². The molecule has 1 aromatic carbocycles. The monoisotopic (exact) mass is 296 g/mol. The van der Waals surface area contributed by atoms with E-state index in [1.807, 2.05) is 12.3 Å². The van der Waals surface area contributed by atoms with Gasteiger partial charge in [0, 0.05) is 29.8 Å². The molecule has 22 heavy (non-hydrogen) atoms. The molecule has 2 N–H and O–H groups in total. The molecule has 1 amide bonds. The highest BCUT2D eigenvalue weighted by Gasteiger charge is 2.20. The molecule has 3 rings (SSSR count). The zero-order chi connectivity index (χ0) is 15.5. The van der Waals surface area contributed by atoms with E-state index in [0.717, 1.165) is 36.5 Å². The molecule has 1 unspecified atom stereocenters.